The highest BCUT2D eigenvalue weighted by atomic mass is 79.9. The highest BCUT2D eigenvalue weighted by Gasteiger charge is 2.28. The maximum Gasteiger partial charge on any atom is 0.286 e. The Balaban J connectivity index is 1.67. The fourth-order valence-electron chi connectivity index (χ4n) is 2.50. The van der Waals surface area contributed by atoms with Crippen molar-refractivity contribution in [2.24, 2.45) is 4.99 Å². The number of carbonyl (C=O) groups is 1. The number of amidine groups is 1. The third-order valence-corrected chi connectivity index (χ3v) is 5.44. The van der Waals surface area contributed by atoms with Crippen LogP contribution in [0, 0.1) is 0 Å². The smallest absolute Gasteiger partial charge is 0.286 e. The number of hydrogen-bond acceptors (Lipinski definition) is 4. The Morgan fingerprint density at radius 1 is 1.23 bits per heavy atom. The third-order valence-electron chi connectivity index (χ3n) is 3.87. The standard InChI is InChI=1S/C16H18BrN3OS/c1-2-19-7-9-20(10-8-19)16-18-15(21)14(22-16)11-12-3-5-13(17)6-4-12/h3-6,11H,2,7-10H2,1H3. The molecule has 0 radical (unpaired) electrons. The van der Waals surface area contributed by atoms with Crippen molar-refractivity contribution in [3.8, 4) is 0 Å². The van der Waals surface area contributed by atoms with E-state index in [9.17, 15) is 4.79 Å². The lowest BCUT2D eigenvalue weighted by Gasteiger charge is -2.34. The van der Waals surface area contributed by atoms with E-state index in [2.05, 4.69) is 37.6 Å². The minimum atomic E-state index is -0.124. The molecule has 1 aromatic rings. The molecule has 2 aliphatic heterocycles. The predicted octanol–water partition coefficient (Wildman–Crippen LogP) is 3.06. The van der Waals surface area contributed by atoms with E-state index in [0.717, 1.165) is 47.9 Å². The molecule has 2 aliphatic rings. The van der Waals surface area contributed by atoms with Gasteiger partial charge in [0.2, 0.25) is 0 Å². The van der Waals surface area contributed by atoms with Gasteiger partial charge in [-0.15, -0.1) is 0 Å². The zero-order valence-electron chi connectivity index (χ0n) is 12.5. The van der Waals surface area contributed by atoms with Crippen LogP contribution in [0.5, 0.6) is 0 Å². The monoisotopic (exact) mass is 379 g/mol. The minimum absolute atomic E-state index is 0.124. The molecule has 0 saturated carbocycles. The molecule has 0 unspecified atom stereocenters. The first kappa shape index (κ1) is 15.8. The molecular weight excluding hydrogens is 362 g/mol. The van der Waals surface area contributed by atoms with E-state index in [-0.39, 0.29) is 5.91 Å². The highest BCUT2D eigenvalue weighted by Crippen LogP contribution is 2.30. The molecular formula is C16H18BrN3OS. The van der Waals surface area contributed by atoms with Gasteiger partial charge in [-0.2, -0.15) is 4.99 Å². The molecule has 2 heterocycles. The minimum Gasteiger partial charge on any atom is -0.348 e. The Morgan fingerprint density at radius 3 is 2.55 bits per heavy atom. The largest absolute Gasteiger partial charge is 0.348 e. The number of hydrogen-bond donors (Lipinski definition) is 0. The third kappa shape index (κ3) is 3.62. The van der Waals surface area contributed by atoms with Crippen molar-refractivity contribution >= 4 is 44.8 Å². The second kappa shape index (κ2) is 6.98. The lowest BCUT2D eigenvalue weighted by Crippen LogP contribution is -2.47. The topological polar surface area (TPSA) is 35.9 Å². The summed E-state index contributed by atoms with van der Waals surface area (Å²) in [6.07, 6.45) is 1.91. The Bertz CT molecular complexity index is 619. The van der Waals surface area contributed by atoms with Gasteiger partial charge in [-0.25, -0.2) is 0 Å². The fourth-order valence-corrected chi connectivity index (χ4v) is 3.73. The maximum absolute atomic E-state index is 12.1. The molecule has 6 heteroatoms. The molecule has 0 aliphatic carbocycles. The van der Waals surface area contributed by atoms with Crippen LogP contribution >= 0.6 is 27.7 Å². The van der Waals surface area contributed by atoms with Crippen LogP contribution in [0.2, 0.25) is 0 Å². The van der Waals surface area contributed by atoms with Crippen molar-refractivity contribution in [1.29, 1.82) is 0 Å². The molecule has 1 amide bonds. The Kier molecular flexibility index (Phi) is 5.00. The molecule has 3 rings (SSSR count). The predicted molar refractivity (Wildman–Crippen MR) is 95.8 cm³/mol. The quantitative estimate of drug-likeness (QED) is 0.739. The van der Waals surface area contributed by atoms with Gasteiger partial charge < -0.3 is 9.80 Å². The van der Waals surface area contributed by atoms with E-state index < -0.39 is 0 Å². The number of halogens is 1. The van der Waals surface area contributed by atoms with Crippen molar-refractivity contribution in [3.63, 3.8) is 0 Å². The Labute approximate surface area is 143 Å². The molecule has 0 spiro atoms. The maximum atomic E-state index is 12.1. The summed E-state index contributed by atoms with van der Waals surface area (Å²) in [5, 5.41) is 0.851. The summed E-state index contributed by atoms with van der Waals surface area (Å²) in [6, 6.07) is 7.93. The molecule has 4 nitrogen and oxygen atoms in total. The Morgan fingerprint density at radius 2 is 1.91 bits per heavy atom. The molecule has 22 heavy (non-hydrogen) atoms. The molecule has 0 atom stereocenters. The first-order chi connectivity index (χ1) is 10.7. The average Bonchev–Trinajstić information content (AvgIpc) is 2.91. The summed E-state index contributed by atoms with van der Waals surface area (Å²) in [7, 11) is 0. The summed E-state index contributed by atoms with van der Waals surface area (Å²) in [6.45, 7) is 7.23. The van der Waals surface area contributed by atoms with Crippen molar-refractivity contribution in [3.05, 3.63) is 39.2 Å². The molecule has 0 bridgehead atoms. The van der Waals surface area contributed by atoms with Gasteiger partial charge in [0.05, 0.1) is 4.91 Å². The first-order valence-electron chi connectivity index (χ1n) is 7.41. The van der Waals surface area contributed by atoms with Crippen LogP contribution in [-0.2, 0) is 4.79 Å². The molecule has 116 valence electrons. The highest BCUT2D eigenvalue weighted by molar-refractivity contribution is 9.10. The van der Waals surface area contributed by atoms with Gasteiger partial charge in [0.25, 0.3) is 5.91 Å². The van der Waals surface area contributed by atoms with Gasteiger partial charge in [-0.1, -0.05) is 35.0 Å². The lowest BCUT2D eigenvalue weighted by atomic mass is 10.2. The van der Waals surface area contributed by atoms with E-state index in [1.165, 1.54) is 11.8 Å². The summed E-state index contributed by atoms with van der Waals surface area (Å²) in [5.41, 5.74) is 1.02. The molecule has 1 saturated heterocycles. The first-order valence-corrected chi connectivity index (χ1v) is 9.02. The Hall–Kier alpha value is -1.11. The van der Waals surface area contributed by atoms with Gasteiger partial charge in [-0.3, -0.25) is 4.79 Å². The number of piperazine rings is 1. The molecule has 0 aromatic heterocycles. The van der Waals surface area contributed by atoms with Gasteiger partial charge in [-0.05, 0) is 42.1 Å². The van der Waals surface area contributed by atoms with Crippen molar-refractivity contribution < 1.29 is 4.79 Å². The van der Waals surface area contributed by atoms with E-state index in [4.69, 9.17) is 0 Å². The lowest BCUT2D eigenvalue weighted by molar-refractivity contribution is -0.113. The summed E-state index contributed by atoms with van der Waals surface area (Å²) in [5.74, 6) is -0.124. The average molecular weight is 380 g/mol. The van der Waals surface area contributed by atoms with Crippen LogP contribution in [0.4, 0.5) is 0 Å². The number of rotatable bonds is 2. The normalized spacial score (nSPS) is 21.5. The summed E-state index contributed by atoms with van der Waals surface area (Å²) in [4.78, 5) is 21.7. The van der Waals surface area contributed by atoms with Crippen LogP contribution in [-0.4, -0.2) is 53.6 Å². The second-order valence-corrected chi connectivity index (χ2v) is 7.21. The van der Waals surface area contributed by atoms with Crippen molar-refractivity contribution in [2.75, 3.05) is 32.7 Å². The number of thioether (sulfide) groups is 1. The molecule has 1 aromatic carbocycles. The van der Waals surface area contributed by atoms with Crippen LogP contribution in [0.1, 0.15) is 12.5 Å². The van der Waals surface area contributed by atoms with E-state index in [0.29, 0.717) is 4.91 Å². The summed E-state index contributed by atoms with van der Waals surface area (Å²) >= 11 is 4.91. The number of carbonyl (C=O) groups excluding carboxylic acids is 1. The van der Waals surface area contributed by atoms with Crippen LogP contribution in [0.25, 0.3) is 6.08 Å². The number of aliphatic imine (C=N–C) groups is 1. The van der Waals surface area contributed by atoms with Gasteiger partial charge >= 0.3 is 0 Å². The van der Waals surface area contributed by atoms with Gasteiger partial charge in [0.15, 0.2) is 5.17 Å². The van der Waals surface area contributed by atoms with Crippen molar-refractivity contribution in [2.45, 2.75) is 6.92 Å². The van der Waals surface area contributed by atoms with Crippen LogP contribution < -0.4 is 0 Å². The molecule has 1 fully saturated rings. The van der Waals surface area contributed by atoms with E-state index >= 15 is 0 Å². The number of amides is 1. The van der Waals surface area contributed by atoms with Crippen LogP contribution in [0.15, 0.2) is 38.6 Å². The number of likely N-dealkylation sites (N-methyl/N-ethyl adjacent to an activating group) is 1. The van der Waals surface area contributed by atoms with Gasteiger partial charge in [0.1, 0.15) is 0 Å². The van der Waals surface area contributed by atoms with E-state index in [1.807, 2.05) is 30.3 Å². The number of nitrogens with zero attached hydrogens (tertiary/aromatic N) is 3. The van der Waals surface area contributed by atoms with Gasteiger partial charge in [0, 0.05) is 30.7 Å². The van der Waals surface area contributed by atoms with Crippen LogP contribution in [0.3, 0.4) is 0 Å². The zero-order valence-corrected chi connectivity index (χ0v) is 14.9. The second-order valence-electron chi connectivity index (χ2n) is 5.28. The number of benzene rings is 1. The summed E-state index contributed by atoms with van der Waals surface area (Å²) < 4.78 is 1.03. The zero-order chi connectivity index (χ0) is 15.5. The fraction of sp³-hybridized carbons (Fsp3) is 0.375. The van der Waals surface area contributed by atoms with E-state index in [1.54, 1.807) is 0 Å². The molecule has 0 N–H and O–H groups in total. The van der Waals surface area contributed by atoms with Crippen molar-refractivity contribution in [1.82, 2.24) is 9.80 Å². The SMILES string of the molecule is CCN1CCN(C2=NC(=O)C(=Cc3ccc(Br)cc3)S2)CC1.